The average Bonchev–Trinajstić information content (AvgIpc) is 3.10. The summed E-state index contributed by atoms with van der Waals surface area (Å²) in [7, 11) is 0. The van der Waals surface area contributed by atoms with Crippen molar-refractivity contribution >= 4 is 5.91 Å². The Morgan fingerprint density at radius 2 is 1.84 bits per heavy atom. The summed E-state index contributed by atoms with van der Waals surface area (Å²) >= 11 is 0. The van der Waals surface area contributed by atoms with Crippen molar-refractivity contribution in [2.75, 3.05) is 0 Å². The van der Waals surface area contributed by atoms with E-state index in [-0.39, 0.29) is 18.5 Å². The summed E-state index contributed by atoms with van der Waals surface area (Å²) in [5.74, 6) is 0.378. The Kier molecular flexibility index (Phi) is 5.18. The Balaban J connectivity index is 1.64. The average molecular weight is 335 g/mol. The van der Waals surface area contributed by atoms with Crippen molar-refractivity contribution in [3.05, 3.63) is 65.7 Å². The zero-order valence-corrected chi connectivity index (χ0v) is 14.4. The van der Waals surface area contributed by atoms with Gasteiger partial charge in [0.05, 0.1) is 6.04 Å². The van der Waals surface area contributed by atoms with E-state index in [0.717, 1.165) is 17.5 Å². The molecule has 0 saturated heterocycles. The van der Waals surface area contributed by atoms with Gasteiger partial charge in [-0.3, -0.25) is 4.79 Å². The third-order valence-corrected chi connectivity index (χ3v) is 3.99. The van der Waals surface area contributed by atoms with Gasteiger partial charge >= 0.3 is 0 Å². The Hall–Kier alpha value is -3.02. The molecular weight excluding hydrogens is 314 g/mol. The monoisotopic (exact) mass is 335 g/mol. The van der Waals surface area contributed by atoms with E-state index in [0.29, 0.717) is 5.82 Å². The van der Waals surface area contributed by atoms with E-state index in [4.69, 9.17) is 0 Å². The van der Waals surface area contributed by atoms with Crippen molar-refractivity contribution in [2.24, 2.45) is 0 Å². The number of nitrogens with one attached hydrogen (secondary N) is 1. The van der Waals surface area contributed by atoms with Gasteiger partial charge in [0.15, 0.2) is 0 Å². The first kappa shape index (κ1) is 16.8. The van der Waals surface area contributed by atoms with Crippen molar-refractivity contribution in [3.63, 3.8) is 0 Å². The molecule has 0 aliphatic carbocycles. The number of carbonyl (C=O) groups excluding carboxylic acids is 1. The highest BCUT2D eigenvalue weighted by molar-refractivity contribution is 5.76. The molecule has 0 bridgehead atoms. The highest BCUT2D eigenvalue weighted by Gasteiger charge is 2.14. The maximum absolute atomic E-state index is 12.3. The molecule has 0 spiro atoms. The second-order valence-corrected chi connectivity index (χ2v) is 5.95. The number of hydrogen-bond donors (Lipinski definition) is 1. The maximum Gasteiger partial charge on any atom is 0.244 e. The molecule has 2 aromatic carbocycles. The lowest BCUT2D eigenvalue weighted by atomic mass is 10.0. The normalized spacial score (nSPS) is 11.9. The second-order valence-electron chi connectivity index (χ2n) is 5.95. The Labute approximate surface area is 146 Å². The van der Waals surface area contributed by atoms with Gasteiger partial charge in [-0.2, -0.15) is 4.80 Å². The Bertz CT molecular complexity index is 827. The number of nitrogens with zero attached hydrogens (tertiary/aromatic N) is 4. The fourth-order valence-electron chi connectivity index (χ4n) is 2.60. The standard InChI is InChI=1S/C19H21N5O/c1-3-17(15-11-9-14(2)10-12-15)20-18(25)13-24-22-19(21-23-24)16-7-5-4-6-8-16/h4-12,17H,3,13H2,1-2H3,(H,20,25)/t17-/m1/s1. The first-order valence-electron chi connectivity index (χ1n) is 8.35. The minimum absolute atomic E-state index is 0.0229. The number of tetrazole rings is 1. The molecule has 1 atom stereocenters. The van der Waals surface area contributed by atoms with E-state index in [9.17, 15) is 4.79 Å². The van der Waals surface area contributed by atoms with Crippen molar-refractivity contribution < 1.29 is 4.79 Å². The van der Waals surface area contributed by atoms with Gasteiger partial charge in [-0.25, -0.2) is 0 Å². The molecule has 0 fully saturated rings. The number of amides is 1. The summed E-state index contributed by atoms with van der Waals surface area (Å²) in [4.78, 5) is 13.6. The number of benzene rings is 2. The van der Waals surface area contributed by atoms with E-state index >= 15 is 0 Å². The fourth-order valence-corrected chi connectivity index (χ4v) is 2.60. The first-order valence-corrected chi connectivity index (χ1v) is 8.35. The minimum Gasteiger partial charge on any atom is -0.348 e. The van der Waals surface area contributed by atoms with E-state index in [2.05, 4.69) is 32.9 Å². The van der Waals surface area contributed by atoms with E-state index in [1.54, 1.807) is 0 Å². The lowest BCUT2D eigenvalue weighted by Gasteiger charge is -2.17. The third kappa shape index (κ3) is 4.29. The van der Waals surface area contributed by atoms with Crippen molar-refractivity contribution in [2.45, 2.75) is 32.9 Å². The first-order chi connectivity index (χ1) is 12.2. The Morgan fingerprint density at radius 1 is 1.12 bits per heavy atom. The lowest BCUT2D eigenvalue weighted by Crippen LogP contribution is -2.32. The molecule has 1 heterocycles. The molecule has 0 radical (unpaired) electrons. The van der Waals surface area contributed by atoms with Crippen LogP contribution in [0, 0.1) is 6.92 Å². The van der Waals surface area contributed by atoms with Gasteiger partial charge in [-0.1, -0.05) is 67.1 Å². The number of hydrogen-bond acceptors (Lipinski definition) is 4. The fraction of sp³-hybridized carbons (Fsp3) is 0.263. The van der Waals surface area contributed by atoms with Gasteiger partial charge in [0.2, 0.25) is 11.7 Å². The molecule has 6 heteroatoms. The van der Waals surface area contributed by atoms with E-state index in [1.807, 2.05) is 56.3 Å². The zero-order valence-electron chi connectivity index (χ0n) is 14.4. The molecule has 1 N–H and O–H groups in total. The van der Waals surface area contributed by atoms with Gasteiger partial charge in [0, 0.05) is 5.56 Å². The van der Waals surface area contributed by atoms with Crippen LogP contribution in [-0.2, 0) is 11.3 Å². The lowest BCUT2D eigenvalue weighted by molar-refractivity contribution is -0.122. The highest BCUT2D eigenvalue weighted by atomic mass is 16.2. The molecule has 1 aromatic heterocycles. The maximum atomic E-state index is 12.3. The van der Waals surface area contributed by atoms with E-state index < -0.39 is 0 Å². The summed E-state index contributed by atoms with van der Waals surface area (Å²) in [5.41, 5.74) is 3.17. The molecule has 1 amide bonds. The summed E-state index contributed by atoms with van der Waals surface area (Å²) in [5, 5.41) is 15.3. The molecular formula is C19H21N5O. The van der Waals surface area contributed by atoms with Crippen LogP contribution in [0.5, 0.6) is 0 Å². The van der Waals surface area contributed by atoms with E-state index in [1.165, 1.54) is 10.4 Å². The van der Waals surface area contributed by atoms with Gasteiger partial charge in [-0.05, 0) is 24.1 Å². The van der Waals surface area contributed by atoms with Crippen LogP contribution >= 0.6 is 0 Å². The predicted octanol–water partition coefficient (Wildman–Crippen LogP) is 2.92. The van der Waals surface area contributed by atoms with Crippen LogP contribution in [0.15, 0.2) is 54.6 Å². The number of rotatable bonds is 6. The van der Waals surface area contributed by atoms with Crippen molar-refractivity contribution in [1.29, 1.82) is 0 Å². The molecule has 0 unspecified atom stereocenters. The minimum atomic E-state index is -0.135. The molecule has 0 aliphatic heterocycles. The van der Waals surface area contributed by atoms with Crippen LogP contribution in [0.3, 0.4) is 0 Å². The SMILES string of the molecule is CC[C@@H](NC(=O)Cn1nnc(-c2ccccc2)n1)c1ccc(C)cc1. The summed E-state index contributed by atoms with van der Waals surface area (Å²) < 4.78 is 0. The molecule has 128 valence electrons. The van der Waals surface area contributed by atoms with Crippen LogP contribution in [0.1, 0.15) is 30.5 Å². The van der Waals surface area contributed by atoms with Crippen LogP contribution in [-0.4, -0.2) is 26.1 Å². The Morgan fingerprint density at radius 3 is 2.52 bits per heavy atom. The third-order valence-electron chi connectivity index (χ3n) is 3.99. The van der Waals surface area contributed by atoms with Crippen LogP contribution in [0.4, 0.5) is 0 Å². The quantitative estimate of drug-likeness (QED) is 0.752. The van der Waals surface area contributed by atoms with Crippen molar-refractivity contribution in [1.82, 2.24) is 25.5 Å². The van der Waals surface area contributed by atoms with Crippen LogP contribution in [0.2, 0.25) is 0 Å². The van der Waals surface area contributed by atoms with Gasteiger partial charge in [0.1, 0.15) is 6.54 Å². The zero-order chi connectivity index (χ0) is 17.6. The summed E-state index contributed by atoms with van der Waals surface area (Å²) in [6.07, 6.45) is 0.814. The molecule has 0 saturated carbocycles. The topological polar surface area (TPSA) is 72.7 Å². The smallest absolute Gasteiger partial charge is 0.244 e. The number of carbonyl (C=O) groups is 1. The van der Waals surface area contributed by atoms with Crippen LogP contribution in [0.25, 0.3) is 11.4 Å². The van der Waals surface area contributed by atoms with Crippen molar-refractivity contribution in [3.8, 4) is 11.4 Å². The molecule has 0 aliphatic rings. The molecule has 25 heavy (non-hydrogen) atoms. The number of aromatic nitrogens is 4. The number of aryl methyl sites for hydroxylation is 1. The van der Waals surface area contributed by atoms with Crippen LogP contribution < -0.4 is 5.32 Å². The predicted molar refractivity (Wildman–Crippen MR) is 95.6 cm³/mol. The highest BCUT2D eigenvalue weighted by Crippen LogP contribution is 2.17. The second kappa shape index (κ2) is 7.70. The van der Waals surface area contributed by atoms with Gasteiger partial charge in [0.25, 0.3) is 0 Å². The van der Waals surface area contributed by atoms with Gasteiger partial charge in [-0.15, -0.1) is 10.2 Å². The molecule has 3 aromatic rings. The largest absolute Gasteiger partial charge is 0.348 e. The summed E-state index contributed by atoms with van der Waals surface area (Å²) in [6, 6.07) is 17.7. The molecule has 3 rings (SSSR count). The summed E-state index contributed by atoms with van der Waals surface area (Å²) in [6.45, 7) is 4.14. The van der Waals surface area contributed by atoms with Gasteiger partial charge < -0.3 is 5.32 Å². The molecule has 6 nitrogen and oxygen atoms in total.